The largest absolute Gasteiger partial charge is 0.376 e. The van der Waals surface area contributed by atoms with Crippen LogP contribution in [0.2, 0.25) is 0 Å². The summed E-state index contributed by atoms with van der Waals surface area (Å²) in [6.07, 6.45) is 1.84. The topological polar surface area (TPSA) is 87.7 Å². The van der Waals surface area contributed by atoms with E-state index in [1.807, 2.05) is 67.8 Å². The van der Waals surface area contributed by atoms with E-state index >= 15 is 0 Å². The van der Waals surface area contributed by atoms with Gasteiger partial charge in [-0.25, -0.2) is 0 Å². The Hall–Kier alpha value is -3.49. The molecule has 0 radical (unpaired) electrons. The number of carbonyl (C=O) groups excluding carboxylic acids is 3. The van der Waals surface area contributed by atoms with Gasteiger partial charge in [-0.05, 0) is 54.8 Å². The van der Waals surface area contributed by atoms with E-state index in [0.29, 0.717) is 29.3 Å². The summed E-state index contributed by atoms with van der Waals surface area (Å²) in [5, 5.41) is 7.54. The van der Waals surface area contributed by atoms with Crippen LogP contribution in [0.3, 0.4) is 0 Å². The summed E-state index contributed by atoms with van der Waals surface area (Å²) < 4.78 is 5.68. The average Bonchev–Trinajstić information content (AvgIpc) is 3.60. The predicted octanol–water partition coefficient (Wildman–Crippen LogP) is 4.16. The van der Waals surface area contributed by atoms with E-state index in [9.17, 15) is 14.4 Å². The van der Waals surface area contributed by atoms with Crippen molar-refractivity contribution in [2.24, 2.45) is 0 Å². The highest BCUT2D eigenvalue weighted by Gasteiger charge is 2.34. The smallest absolute Gasteiger partial charge is 0.261 e. The van der Waals surface area contributed by atoms with Crippen LogP contribution < -0.4 is 15.5 Å². The molecule has 3 aromatic rings. The number of aryl methyl sites for hydroxylation is 2. The lowest BCUT2D eigenvalue weighted by Crippen LogP contribution is -2.49. The first-order valence-electron chi connectivity index (χ1n) is 12.1. The van der Waals surface area contributed by atoms with E-state index in [2.05, 4.69) is 10.6 Å². The van der Waals surface area contributed by atoms with Crippen molar-refractivity contribution < 1.29 is 19.1 Å². The summed E-state index contributed by atoms with van der Waals surface area (Å²) in [6, 6.07) is 17.6. The quantitative estimate of drug-likeness (QED) is 0.457. The van der Waals surface area contributed by atoms with E-state index in [1.54, 1.807) is 12.1 Å². The minimum Gasteiger partial charge on any atom is -0.376 e. The van der Waals surface area contributed by atoms with Gasteiger partial charge in [-0.1, -0.05) is 54.6 Å². The van der Waals surface area contributed by atoms with Crippen molar-refractivity contribution in [3.63, 3.8) is 0 Å². The van der Waals surface area contributed by atoms with Gasteiger partial charge in [0.15, 0.2) is 0 Å². The van der Waals surface area contributed by atoms with E-state index in [0.717, 1.165) is 24.0 Å². The molecule has 4 rings (SSSR count). The highest BCUT2D eigenvalue weighted by Crippen LogP contribution is 2.33. The molecule has 36 heavy (non-hydrogen) atoms. The Morgan fingerprint density at radius 1 is 1.00 bits per heavy atom. The lowest BCUT2D eigenvalue weighted by atomic mass is 9.99. The number of para-hydroxylation sites is 1. The number of nitrogens with one attached hydrogen (secondary N) is 2. The second kappa shape index (κ2) is 12.0. The molecule has 0 bridgehead atoms. The van der Waals surface area contributed by atoms with Gasteiger partial charge in [0.25, 0.3) is 5.91 Å². The highest BCUT2D eigenvalue weighted by molar-refractivity contribution is 7.12. The number of benzene rings is 2. The monoisotopic (exact) mass is 505 g/mol. The third kappa shape index (κ3) is 6.01. The normalized spacial score (nSPS) is 15.8. The molecule has 2 heterocycles. The first kappa shape index (κ1) is 25.6. The van der Waals surface area contributed by atoms with Gasteiger partial charge in [-0.2, -0.15) is 0 Å². The van der Waals surface area contributed by atoms with E-state index < -0.39 is 6.04 Å². The maximum absolute atomic E-state index is 13.8. The van der Waals surface area contributed by atoms with Crippen molar-refractivity contribution in [2.45, 2.75) is 38.8 Å². The van der Waals surface area contributed by atoms with Crippen molar-refractivity contribution >= 4 is 34.7 Å². The fourth-order valence-electron chi connectivity index (χ4n) is 4.49. The number of hydrogen-bond acceptors (Lipinski definition) is 5. The zero-order chi connectivity index (χ0) is 25.5. The number of nitrogens with zero attached hydrogens (tertiary/aromatic N) is 1. The lowest BCUT2D eigenvalue weighted by molar-refractivity contribution is -0.126. The Kier molecular flexibility index (Phi) is 8.51. The molecule has 1 aromatic heterocycles. The molecule has 8 heteroatoms. The van der Waals surface area contributed by atoms with Crippen LogP contribution in [-0.4, -0.2) is 43.5 Å². The van der Waals surface area contributed by atoms with Crippen molar-refractivity contribution in [3.8, 4) is 0 Å². The predicted molar refractivity (Wildman–Crippen MR) is 141 cm³/mol. The number of carbonyl (C=O) groups is 3. The third-order valence-electron chi connectivity index (χ3n) is 6.24. The summed E-state index contributed by atoms with van der Waals surface area (Å²) in [5.41, 5.74) is 3.07. The number of ether oxygens (including phenoxy) is 1. The Labute approximate surface area is 215 Å². The lowest BCUT2D eigenvalue weighted by Gasteiger charge is -2.34. The molecule has 0 saturated carbocycles. The number of anilines is 1. The van der Waals surface area contributed by atoms with Gasteiger partial charge >= 0.3 is 0 Å². The van der Waals surface area contributed by atoms with Crippen LogP contribution in [0, 0.1) is 13.8 Å². The SMILES string of the molecule is Cc1cccc(C)c1N(C(=O)CNC(=O)c1cccs1)[C@H](C(=O)NC[C@H]1CCCO1)c1ccccc1. The number of thiophene rings is 1. The summed E-state index contributed by atoms with van der Waals surface area (Å²) in [5.74, 6) is -0.991. The zero-order valence-electron chi connectivity index (χ0n) is 20.5. The molecular formula is C28H31N3O4S. The van der Waals surface area contributed by atoms with Gasteiger partial charge < -0.3 is 15.4 Å². The molecular weight excluding hydrogens is 474 g/mol. The van der Waals surface area contributed by atoms with Gasteiger partial charge in [0.2, 0.25) is 11.8 Å². The molecule has 1 saturated heterocycles. The standard InChI is InChI=1S/C28H31N3O4S/c1-19-9-6-10-20(2)25(19)31(24(32)18-30-27(33)23-14-8-16-36-23)26(21-11-4-3-5-12-21)28(34)29-17-22-13-7-15-35-22/h3-6,8-12,14,16,22,26H,7,13,15,17-18H2,1-2H3,(H,29,34)(H,30,33)/t22-,26+/m1/s1. The summed E-state index contributed by atoms with van der Waals surface area (Å²) in [6.45, 7) is 4.66. The van der Waals surface area contributed by atoms with Crippen LogP contribution in [0.15, 0.2) is 66.0 Å². The Bertz CT molecular complexity index is 1170. The first-order valence-corrected chi connectivity index (χ1v) is 13.0. The van der Waals surface area contributed by atoms with Crippen molar-refractivity contribution in [1.29, 1.82) is 0 Å². The van der Waals surface area contributed by atoms with Gasteiger partial charge in [0, 0.05) is 13.2 Å². The molecule has 0 spiro atoms. The van der Waals surface area contributed by atoms with Crippen LogP contribution in [0.1, 0.15) is 45.2 Å². The van der Waals surface area contributed by atoms with Gasteiger partial charge in [-0.3, -0.25) is 19.3 Å². The number of hydrogen-bond donors (Lipinski definition) is 2. The maximum atomic E-state index is 13.8. The molecule has 0 unspecified atom stereocenters. The summed E-state index contributed by atoms with van der Waals surface area (Å²) in [7, 11) is 0. The van der Waals surface area contributed by atoms with E-state index in [1.165, 1.54) is 16.2 Å². The van der Waals surface area contributed by atoms with Gasteiger partial charge in [0.1, 0.15) is 6.04 Å². The Morgan fingerprint density at radius 3 is 2.39 bits per heavy atom. The maximum Gasteiger partial charge on any atom is 0.261 e. The molecule has 2 atom stereocenters. The molecule has 2 aromatic carbocycles. The second-order valence-electron chi connectivity index (χ2n) is 8.86. The highest BCUT2D eigenvalue weighted by atomic mass is 32.1. The van der Waals surface area contributed by atoms with E-state index in [-0.39, 0.29) is 30.4 Å². The molecule has 7 nitrogen and oxygen atoms in total. The van der Waals surface area contributed by atoms with E-state index in [4.69, 9.17) is 4.74 Å². The fraction of sp³-hybridized carbons (Fsp3) is 0.321. The molecule has 1 aliphatic rings. The molecule has 188 valence electrons. The second-order valence-corrected chi connectivity index (χ2v) is 9.81. The summed E-state index contributed by atoms with van der Waals surface area (Å²) >= 11 is 1.31. The van der Waals surface area contributed by atoms with Crippen molar-refractivity contribution in [2.75, 3.05) is 24.6 Å². The van der Waals surface area contributed by atoms with Crippen molar-refractivity contribution in [3.05, 3.63) is 87.6 Å². The van der Waals surface area contributed by atoms with Crippen LogP contribution in [0.4, 0.5) is 5.69 Å². The van der Waals surface area contributed by atoms with Gasteiger partial charge in [-0.15, -0.1) is 11.3 Å². The van der Waals surface area contributed by atoms with Crippen LogP contribution in [0.5, 0.6) is 0 Å². The van der Waals surface area contributed by atoms with Gasteiger partial charge in [0.05, 0.1) is 23.2 Å². The van der Waals surface area contributed by atoms with Crippen LogP contribution in [-0.2, 0) is 14.3 Å². The van der Waals surface area contributed by atoms with Crippen molar-refractivity contribution in [1.82, 2.24) is 10.6 Å². The molecule has 3 amide bonds. The first-order chi connectivity index (χ1) is 17.5. The third-order valence-corrected chi connectivity index (χ3v) is 7.11. The molecule has 2 N–H and O–H groups in total. The number of rotatable bonds is 9. The van der Waals surface area contributed by atoms with Crippen LogP contribution in [0.25, 0.3) is 0 Å². The molecule has 1 aliphatic heterocycles. The fourth-order valence-corrected chi connectivity index (χ4v) is 5.13. The average molecular weight is 506 g/mol. The molecule has 0 aliphatic carbocycles. The Balaban J connectivity index is 1.68. The van der Waals surface area contributed by atoms with Crippen LogP contribution >= 0.6 is 11.3 Å². The minimum absolute atomic E-state index is 0.0280. The minimum atomic E-state index is -0.918. The Morgan fingerprint density at radius 2 is 1.75 bits per heavy atom. The summed E-state index contributed by atoms with van der Waals surface area (Å²) in [4.78, 5) is 42.1. The zero-order valence-corrected chi connectivity index (χ0v) is 21.3. The number of amides is 3. The molecule has 1 fully saturated rings.